The molecule has 1 unspecified atom stereocenters. The molecule has 3 heteroatoms. The molecule has 1 aromatic carbocycles. The van der Waals surface area contributed by atoms with Crippen LogP contribution in [-0.4, -0.2) is 19.1 Å². The molecule has 0 radical (unpaired) electrons. The van der Waals surface area contributed by atoms with Crippen LogP contribution in [0.1, 0.15) is 38.2 Å². The van der Waals surface area contributed by atoms with Gasteiger partial charge in [0.1, 0.15) is 0 Å². The quantitative estimate of drug-likeness (QED) is 0.918. The van der Waals surface area contributed by atoms with E-state index in [2.05, 4.69) is 46.0 Å². The summed E-state index contributed by atoms with van der Waals surface area (Å²) in [6, 6.07) is 7.30. The van der Waals surface area contributed by atoms with Crippen LogP contribution in [0.4, 0.5) is 5.69 Å². The number of halogens is 1. The average Bonchev–Trinajstić information content (AvgIpc) is 2.41. The van der Waals surface area contributed by atoms with Crippen LogP contribution in [-0.2, 0) is 6.42 Å². The molecule has 1 saturated heterocycles. The number of nitrogens with two attached hydrogens (primary N) is 1. The summed E-state index contributed by atoms with van der Waals surface area (Å²) >= 11 is 3.60. The van der Waals surface area contributed by atoms with Crippen LogP contribution in [0.2, 0.25) is 0 Å². The molecule has 2 N–H and O–H groups in total. The van der Waals surface area contributed by atoms with Crippen molar-refractivity contribution in [2.24, 2.45) is 5.73 Å². The smallest absolute Gasteiger partial charge is 0.0413 e. The summed E-state index contributed by atoms with van der Waals surface area (Å²) in [5.41, 5.74) is 8.51. The molecule has 0 spiro atoms. The first-order valence-electron chi connectivity index (χ1n) is 7.01. The van der Waals surface area contributed by atoms with Crippen LogP contribution in [0.15, 0.2) is 22.7 Å². The number of hydrogen-bond acceptors (Lipinski definition) is 2. The molecular weight excluding hydrogens is 288 g/mol. The first kappa shape index (κ1) is 13.9. The minimum Gasteiger partial charge on any atom is -0.368 e. The standard InChI is InChI=1S/C15H23BrN2/c1-2-14-5-3-4-10-18(14)15-11-13(16)7-6-12(15)8-9-17/h6-7,11,14H,2-5,8-10,17H2,1H3. The van der Waals surface area contributed by atoms with Gasteiger partial charge in [-0.25, -0.2) is 0 Å². The van der Waals surface area contributed by atoms with E-state index in [9.17, 15) is 0 Å². The number of nitrogens with zero attached hydrogens (tertiary/aromatic N) is 1. The van der Waals surface area contributed by atoms with Gasteiger partial charge in [0.05, 0.1) is 0 Å². The Balaban J connectivity index is 2.31. The third-order valence-electron chi connectivity index (χ3n) is 3.87. The van der Waals surface area contributed by atoms with Crippen molar-refractivity contribution in [1.29, 1.82) is 0 Å². The molecule has 0 aromatic heterocycles. The van der Waals surface area contributed by atoms with E-state index >= 15 is 0 Å². The Kier molecular flexibility index (Phi) is 5.07. The van der Waals surface area contributed by atoms with Crippen molar-refractivity contribution in [3.63, 3.8) is 0 Å². The van der Waals surface area contributed by atoms with Gasteiger partial charge < -0.3 is 10.6 Å². The lowest BCUT2D eigenvalue weighted by atomic mass is 9.97. The fourth-order valence-electron chi connectivity index (χ4n) is 2.91. The van der Waals surface area contributed by atoms with Crippen LogP contribution < -0.4 is 10.6 Å². The number of rotatable bonds is 4. The topological polar surface area (TPSA) is 29.3 Å². The van der Waals surface area contributed by atoms with Gasteiger partial charge >= 0.3 is 0 Å². The predicted molar refractivity (Wildman–Crippen MR) is 82.2 cm³/mol. The van der Waals surface area contributed by atoms with Crippen molar-refractivity contribution >= 4 is 21.6 Å². The lowest BCUT2D eigenvalue weighted by Gasteiger charge is -2.38. The van der Waals surface area contributed by atoms with Gasteiger partial charge in [0.25, 0.3) is 0 Å². The van der Waals surface area contributed by atoms with E-state index in [1.165, 1.54) is 48.0 Å². The summed E-state index contributed by atoms with van der Waals surface area (Å²) in [5.74, 6) is 0. The molecule has 1 fully saturated rings. The predicted octanol–water partition coefficient (Wildman–Crippen LogP) is 3.72. The zero-order valence-electron chi connectivity index (χ0n) is 11.2. The van der Waals surface area contributed by atoms with Crippen LogP contribution in [0, 0.1) is 0 Å². The minimum absolute atomic E-state index is 0.699. The van der Waals surface area contributed by atoms with E-state index in [0.29, 0.717) is 6.04 Å². The summed E-state index contributed by atoms with van der Waals surface area (Å²) in [4.78, 5) is 2.60. The Morgan fingerprint density at radius 1 is 1.39 bits per heavy atom. The Labute approximate surface area is 119 Å². The molecule has 100 valence electrons. The number of benzene rings is 1. The van der Waals surface area contributed by atoms with Crippen molar-refractivity contribution in [3.8, 4) is 0 Å². The van der Waals surface area contributed by atoms with E-state index in [0.717, 1.165) is 13.0 Å². The molecule has 1 aliphatic heterocycles. The van der Waals surface area contributed by atoms with Crippen molar-refractivity contribution < 1.29 is 0 Å². The number of anilines is 1. The summed E-state index contributed by atoms with van der Waals surface area (Å²) in [5, 5.41) is 0. The first-order valence-corrected chi connectivity index (χ1v) is 7.80. The maximum Gasteiger partial charge on any atom is 0.0413 e. The van der Waals surface area contributed by atoms with Crippen molar-refractivity contribution in [2.75, 3.05) is 18.0 Å². The Bertz CT molecular complexity index is 392. The van der Waals surface area contributed by atoms with Gasteiger partial charge in [-0.1, -0.05) is 28.9 Å². The Morgan fingerprint density at radius 3 is 2.94 bits per heavy atom. The minimum atomic E-state index is 0.699. The molecule has 0 aliphatic carbocycles. The maximum atomic E-state index is 5.73. The van der Waals surface area contributed by atoms with E-state index < -0.39 is 0 Å². The van der Waals surface area contributed by atoms with Crippen LogP contribution in [0.5, 0.6) is 0 Å². The molecule has 0 amide bonds. The summed E-state index contributed by atoms with van der Waals surface area (Å²) < 4.78 is 1.17. The molecule has 1 atom stereocenters. The Morgan fingerprint density at radius 2 is 2.22 bits per heavy atom. The van der Waals surface area contributed by atoms with Crippen molar-refractivity contribution in [3.05, 3.63) is 28.2 Å². The summed E-state index contributed by atoms with van der Waals surface area (Å²) in [6.45, 7) is 4.20. The third kappa shape index (κ3) is 3.07. The third-order valence-corrected chi connectivity index (χ3v) is 4.36. The normalized spacial score (nSPS) is 20.2. The Hall–Kier alpha value is -0.540. The molecule has 18 heavy (non-hydrogen) atoms. The molecule has 0 bridgehead atoms. The fourth-order valence-corrected chi connectivity index (χ4v) is 3.26. The largest absolute Gasteiger partial charge is 0.368 e. The number of hydrogen-bond donors (Lipinski definition) is 1. The zero-order chi connectivity index (χ0) is 13.0. The highest BCUT2D eigenvalue weighted by Gasteiger charge is 2.22. The van der Waals surface area contributed by atoms with Gasteiger partial charge in [0, 0.05) is 22.7 Å². The monoisotopic (exact) mass is 310 g/mol. The zero-order valence-corrected chi connectivity index (χ0v) is 12.7. The lowest BCUT2D eigenvalue weighted by molar-refractivity contribution is 0.449. The maximum absolute atomic E-state index is 5.73. The van der Waals surface area contributed by atoms with E-state index in [4.69, 9.17) is 5.73 Å². The molecule has 0 saturated carbocycles. The van der Waals surface area contributed by atoms with Crippen LogP contribution in [0.3, 0.4) is 0 Å². The summed E-state index contributed by atoms with van der Waals surface area (Å²) in [6.07, 6.45) is 6.20. The second-order valence-electron chi connectivity index (χ2n) is 5.06. The molecule has 1 heterocycles. The number of piperidine rings is 1. The van der Waals surface area contributed by atoms with E-state index in [1.54, 1.807) is 0 Å². The molecule has 2 nitrogen and oxygen atoms in total. The summed E-state index contributed by atoms with van der Waals surface area (Å²) in [7, 11) is 0. The van der Waals surface area contributed by atoms with E-state index in [-0.39, 0.29) is 0 Å². The van der Waals surface area contributed by atoms with Gasteiger partial charge in [0.2, 0.25) is 0 Å². The highest BCUT2D eigenvalue weighted by molar-refractivity contribution is 9.10. The van der Waals surface area contributed by atoms with Gasteiger partial charge in [-0.15, -0.1) is 0 Å². The van der Waals surface area contributed by atoms with E-state index in [1.807, 2.05) is 0 Å². The van der Waals surface area contributed by atoms with Gasteiger partial charge in [-0.2, -0.15) is 0 Å². The fraction of sp³-hybridized carbons (Fsp3) is 0.600. The molecule has 1 aromatic rings. The molecule has 1 aliphatic rings. The lowest BCUT2D eigenvalue weighted by Crippen LogP contribution is -2.39. The molecule has 2 rings (SSSR count). The van der Waals surface area contributed by atoms with Gasteiger partial charge in [0.15, 0.2) is 0 Å². The SMILES string of the molecule is CCC1CCCCN1c1cc(Br)ccc1CCN. The van der Waals surface area contributed by atoms with Crippen molar-refractivity contribution in [2.45, 2.75) is 45.1 Å². The van der Waals surface area contributed by atoms with Gasteiger partial charge in [-0.3, -0.25) is 0 Å². The van der Waals surface area contributed by atoms with Crippen molar-refractivity contribution in [1.82, 2.24) is 0 Å². The molecular formula is C15H23BrN2. The van der Waals surface area contributed by atoms with Crippen LogP contribution in [0.25, 0.3) is 0 Å². The average molecular weight is 311 g/mol. The second-order valence-corrected chi connectivity index (χ2v) is 5.98. The van der Waals surface area contributed by atoms with Crippen LogP contribution >= 0.6 is 15.9 Å². The first-order chi connectivity index (χ1) is 8.76. The second kappa shape index (κ2) is 6.58. The highest BCUT2D eigenvalue weighted by atomic mass is 79.9. The van der Waals surface area contributed by atoms with Gasteiger partial charge in [-0.05, 0) is 56.3 Å². The highest BCUT2D eigenvalue weighted by Crippen LogP contribution is 2.31.